The first-order valence-corrected chi connectivity index (χ1v) is 4.72. The van der Waals surface area contributed by atoms with Crippen molar-refractivity contribution in [3.05, 3.63) is 11.8 Å². The number of carbonyl (C=O) groups excluding carboxylic acids is 1. The highest BCUT2D eigenvalue weighted by atomic mass is 16.5. The summed E-state index contributed by atoms with van der Waals surface area (Å²) in [4.78, 5) is 10.7. The van der Waals surface area contributed by atoms with Gasteiger partial charge in [-0.25, -0.2) is 0 Å². The van der Waals surface area contributed by atoms with E-state index in [2.05, 4.69) is 13.0 Å². The normalized spacial score (nSPS) is 20.1. The molecule has 0 unspecified atom stereocenters. The summed E-state index contributed by atoms with van der Waals surface area (Å²) in [7, 11) is 0. The van der Waals surface area contributed by atoms with E-state index in [1.807, 2.05) is 0 Å². The second kappa shape index (κ2) is 4.96. The SMILES string of the molecule is CCCCCC=C1CCC(=O)O1. The third-order valence-electron chi connectivity index (χ3n) is 2.00. The van der Waals surface area contributed by atoms with E-state index in [9.17, 15) is 4.79 Å². The molecule has 1 aliphatic rings. The number of unbranched alkanes of at least 4 members (excludes halogenated alkanes) is 3. The van der Waals surface area contributed by atoms with Gasteiger partial charge in [0.2, 0.25) is 0 Å². The number of cyclic esters (lactones) is 1. The molecular weight excluding hydrogens is 152 g/mol. The average Bonchev–Trinajstić information content (AvgIpc) is 2.45. The minimum absolute atomic E-state index is 0.0725. The van der Waals surface area contributed by atoms with Crippen LogP contribution < -0.4 is 0 Å². The van der Waals surface area contributed by atoms with Crippen molar-refractivity contribution in [3.8, 4) is 0 Å². The summed E-state index contributed by atoms with van der Waals surface area (Å²) in [6.45, 7) is 2.18. The third-order valence-corrected chi connectivity index (χ3v) is 2.00. The van der Waals surface area contributed by atoms with Crippen LogP contribution in [0.2, 0.25) is 0 Å². The van der Waals surface area contributed by atoms with Gasteiger partial charge in [0, 0.05) is 6.42 Å². The summed E-state index contributed by atoms with van der Waals surface area (Å²) in [5, 5.41) is 0. The lowest BCUT2D eigenvalue weighted by Crippen LogP contribution is -1.89. The van der Waals surface area contributed by atoms with Gasteiger partial charge in [0.15, 0.2) is 0 Å². The largest absolute Gasteiger partial charge is 0.431 e. The van der Waals surface area contributed by atoms with Gasteiger partial charge in [0.05, 0.1) is 6.42 Å². The van der Waals surface area contributed by atoms with E-state index < -0.39 is 0 Å². The highest BCUT2D eigenvalue weighted by Crippen LogP contribution is 2.18. The lowest BCUT2D eigenvalue weighted by Gasteiger charge is -1.95. The maximum absolute atomic E-state index is 10.7. The molecule has 0 aliphatic carbocycles. The minimum atomic E-state index is -0.0725. The molecule has 0 saturated carbocycles. The highest BCUT2D eigenvalue weighted by Gasteiger charge is 2.15. The van der Waals surface area contributed by atoms with Gasteiger partial charge >= 0.3 is 5.97 Å². The van der Waals surface area contributed by atoms with Crippen LogP contribution in [-0.4, -0.2) is 5.97 Å². The van der Waals surface area contributed by atoms with Crippen molar-refractivity contribution in [1.29, 1.82) is 0 Å². The first kappa shape index (κ1) is 9.30. The summed E-state index contributed by atoms with van der Waals surface area (Å²) >= 11 is 0. The summed E-state index contributed by atoms with van der Waals surface area (Å²) in [5.74, 6) is 0.813. The maximum Gasteiger partial charge on any atom is 0.311 e. The smallest absolute Gasteiger partial charge is 0.311 e. The van der Waals surface area contributed by atoms with Crippen LogP contribution in [0.5, 0.6) is 0 Å². The number of carbonyl (C=O) groups is 1. The van der Waals surface area contributed by atoms with Gasteiger partial charge in [0.25, 0.3) is 0 Å². The monoisotopic (exact) mass is 168 g/mol. The van der Waals surface area contributed by atoms with E-state index in [0.29, 0.717) is 6.42 Å². The predicted octanol–water partition coefficient (Wildman–Crippen LogP) is 2.79. The minimum Gasteiger partial charge on any atom is -0.431 e. The topological polar surface area (TPSA) is 26.3 Å². The molecule has 12 heavy (non-hydrogen) atoms. The molecule has 0 atom stereocenters. The molecule has 2 nitrogen and oxygen atoms in total. The van der Waals surface area contributed by atoms with Crippen molar-refractivity contribution in [2.75, 3.05) is 0 Å². The zero-order chi connectivity index (χ0) is 8.81. The lowest BCUT2D eigenvalue weighted by molar-refractivity contribution is -0.135. The molecule has 0 N–H and O–H groups in total. The fourth-order valence-corrected chi connectivity index (χ4v) is 1.27. The van der Waals surface area contributed by atoms with Crippen LogP contribution in [-0.2, 0) is 9.53 Å². The molecule has 0 amide bonds. The number of esters is 1. The molecule has 0 bridgehead atoms. The van der Waals surface area contributed by atoms with Crippen LogP contribution in [0.25, 0.3) is 0 Å². The summed E-state index contributed by atoms with van der Waals surface area (Å²) in [5.41, 5.74) is 0. The molecule has 0 radical (unpaired) electrons. The van der Waals surface area contributed by atoms with Crippen molar-refractivity contribution in [2.45, 2.75) is 45.4 Å². The Morgan fingerprint density at radius 1 is 1.42 bits per heavy atom. The number of rotatable bonds is 4. The Balaban J connectivity index is 2.15. The van der Waals surface area contributed by atoms with Crippen LogP contribution in [0.4, 0.5) is 0 Å². The van der Waals surface area contributed by atoms with Crippen molar-refractivity contribution >= 4 is 5.97 Å². The van der Waals surface area contributed by atoms with E-state index in [0.717, 1.165) is 18.6 Å². The fourth-order valence-electron chi connectivity index (χ4n) is 1.27. The van der Waals surface area contributed by atoms with E-state index in [4.69, 9.17) is 4.74 Å². The second-order valence-electron chi connectivity index (χ2n) is 3.14. The second-order valence-corrected chi connectivity index (χ2v) is 3.14. The number of hydrogen-bond acceptors (Lipinski definition) is 2. The third kappa shape index (κ3) is 3.07. The molecule has 0 spiro atoms. The molecule has 0 aromatic rings. The first-order chi connectivity index (χ1) is 5.83. The molecule has 1 saturated heterocycles. The van der Waals surface area contributed by atoms with E-state index in [-0.39, 0.29) is 5.97 Å². The molecule has 0 aromatic heterocycles. The number of hydrogen-bond donors (Lipinski definition) is 0. The summed E-state index contributed by atoms with van der Waals surface area (Å²) < 4.78 is 4.96. The number of ether oxygens (including phenoxy) is 1. The van der Waals surface area contributed by atoms with Crippen molar-refractivity contribution in [1.82, 2.24) is 0 Å². The molecule has 0 aromatic carbocycles. The first-order valence-electron chi connectivity index (χ1n) is 4.72. The van der Waals surface area contributed by atoms with Crippen molar-refractivity contribution in [2.24, 2.45) is 0 Å². The van der Waals surface area contributed by atoms with E-state index in [1.165, 1.54) is 19.3 Å². The highest BCUT2D eigenvalue weighted by molar-refractivity contribution is 5.73. The zero-order valence-corrected chi connectivity index (χ0v) is 7.64. The Morgan fingerprint density at radius 2 is 2.25 bits per heavy atom. The van der Waals surface area contributed by atoms with Gasteiger partial charge in [-0.3, -0.25) is 4.79 Å². The van der Waals surface area contributed by atoms with Crippen LogP contribution in [0.15, 0.2) is 11.8 Å². The average molecular weight is 168 g/mol. The van der Waals surface area contributed by atoms with Crippen LogP contribution in [0.1, 0.15) is 45.4 Å². The van der Waals surface area contributed by atoms with Gasteiger partial charge in [-0.05, 0) is 18.9 Å². The van der Waals surface area contributed by atoms with Crippen LogP contribution >= 0.6 is 0 Å². The Hall–Kier alpha value is -0.790. The lowest BCUT2D eigenvalue weighted by atomic mass is 10.2. The standard InChI is InChI=1S/C10H16O2/c1-2-3-4-5-6-9-7-8-10(11)12-9/h6H,2-5,7-8H2,1H3. The fraction of sp³-hybridized carbons (Fsp3) is 0.700. The molecule has 1 aliphatic heterocycles. The molecule has 1 rings (SSSR count). The molecule has 2 heteroatoms. The molecule has 1 heterocycles. The quantitative estimate of drug-likeness (QED) is 0.476. The van der Waals surface area contributed by atoms with Crippen LogP contribution in [0, 0.1) is 0 Å². The predicted molar refractivity (Wildman–Crippen MR) is 47.6 cm³/mol. The molecule has 68 valence electrons. The number of allylic oxidation sites excluding steroid dienone is 2. The van der Waals surface area contributed by atoms with E-state index in [1.54, 1.807) is 0 Å². The van der Waals surface area contributed by atoms with Gasteiger partial charge in [-0.2, -0.15) is 0 Å². The Morgan fingerprint density at radius 3 is 2.83 bits per heavy atom. The van der Waals surface area contributed by atoms with Crippen LogP contribution in [0.3, 0.4) is 0 Å². The van der Waals surface area contributed by atoms with Gasteiger partial charge in [0.1, 0.15) is 5.76 Å². The van der Waals surface area contributed by atoms with Gasteiger partial charge < -0.3 is 4.74 Å². The van der Waals surface area contributed by atoms with Crippen molar-refractivity contribution < 1.29 is 9.53 Å². The molecular formula is C10H16O2. The summed E-state index contributed by atoms with van der Waals surface area (Å²) in [6.07, 6.45) is 8.19. The van der Waals surface area contributed by atoms with Crippen molar-refractivity contribution in [3.63, 3.8) is 0 Å². The Bertz CT molecular complexity index is 182. The zero-order valence-electron chi connectivity index (χ0n) is 7.64. The maximum atomic E-state index is 10.7. The van der Waals surface area contributed by atoms with E-state index >= 15 is 0 Å². The van der Waals surface area contributed by atoms with Gasteiger partial charge in [-0.1, -0.05) is 19.8 Å². The summed E-state index contributed by atoms with van der Waals surface area (Å²) in [6, 6.07) is 0. The Labute approximate surface area is 73.6 Å². The molecule has 1 fully saturated rings. The Kier molecular flexibility index (Phi) is 3.85. The van der Waals surface area contributed by atoms with Gasteiger partial charge in [-0.15, -0.1) is 0 Å².